The molecule has 0 amide bonds. The first-order valence-electron chi connectivity index (χ1n) is 18.0. The van der Waals surface area contributed by atoms with Gasteiger partial charge in [0.1, 0.15) is 18.2 Å². The molecule has 2 unspecified atom stereocenters. The smallest absolute Gasteiger partial charge is 0.145 e. The Labute approximate surface area is 298 Å². The quantitative estimate of drug-likeness (QED) is 0.186. The molecule has 2 atom stereocenters. The van der Waals surface area contributed by atoms with Crippen molar-refractivity contribution in [1.29, 1.82) is 0 Å². The first-order chi connectivity index (χ1) is 25.3. The van der Waals surface area contributed by atoms with E-state index in [-0.39, 0.29) is 12.3 Å². The molecule has 10 rings (SSSR count). The molecule has 1 aromatic heterocycles. The van der Waals surface area contributed by atoms with Crippen LogP contribution in [0.15, 0.2) is 163 Å². The first kappa shape index (κ1) is 29.6. The summed E-state index contributed by atoms with van der Waals surface area (Å²) >= 11 is 0. The summed E-state index contributed by atoms with van der Waals surface area (Å²) in [5, 5.41) is 7.84. The van der Waals surface area contributed by atoms with Gasteiger partial charge in [0.2, 0.25) is 0 Å². The second kappa shape index (κ2) is 12.3. The number of nitrogens with one attached hydrogen (secondary N) is 2. The van der Waals surface area contributed by atoms with Crippen molar-refractivity contribution in [2.75, 3.05) is 20.4 Å². The molecule has 0 fully saturated rings. The number of aromatic nitrogens is 2. The zero-order valence-electron chi connectivity index (χ0n) is 28.3. The molecule has 0 spiro atoms. The Morgan fingerprint density at radius 1 is 0.627 bits per heavy atom. The summed E-state index contributed by atoms with van der Waals surface area (Å²) in [7, 11) is 0. The number of anilines is 5. The van der Waals surface area contributed by atoms with E-state index in [4.69, 9.17) is 4.98 Å². The van der Waals surface area contributed by atoms with E-state index >= 15 is 0 Å². The third-order valence-corrected chi connectivity index (χ3v) is 10.4. The summed E-state index contributed by atoms with van der Waals surface area (Å²) < 4.78 is 2.38. The van der Waals surface area contributed by atoms with Crippen molar-refractivity contribution < 1.29 is 0 Å². The Morgan fingerprint density at radius 3 is 2.04 bits per heavy atom. The fourth-order valence-corrected chi connectivity index (χ4v) is 8.13. The van der Waals surface area contributed by atoms with E-state index in [2.05, 4.69) is 183 Å². The number of rotatable bonds is 6. The second-order valence-corrected chi connectivity index (χ2v) is 13.6. The summed E-state index contributed by atoms with van der Waals surface area (Å²) in [4.78, 5) is 10.3. The molecule has 6 aromatic rings. The average molecular weight is 663 g/mol. The van der Waals surface area contributed by atoms with Gasteiger partial charge in [-0.2, -0.15) is 0 Å². The molecular formula is C45H38N6. The molecule has 5 aromatic carbocycles. The van der Waals surface area contributed by atoms with Crippen LogP contribution in [0.25, 0.3) is 28.1 Å². The second-order valence-electron chi connectivity index (χ2n) is 13.6. The normalized spacial score (nSPS) is 19.0. The molecule has 0 saturated heterocycles. The van der Waals surface area contributed by atoms with Crippen molar-refractivity contribution in [2.24, 2.45) is 0 Å². The maximum absolute atomic E-state index is 5.37. The minimum Gasteiger partial charge on any atom is -0.359 e. The zero-order chi connectivity index (χ0) is 33.7. The maximum Gasteiger partial charge on any atom is 0.145 e. The number of benzene rings is 5. The molecule has 4 aliphatic rings. The topological polar surface area (TPSA) is 48.4 Å². The third kappa shape index (κ3) is 5.06. The molecule has 2 aliphatic heterocycles. The molecule has 51 heavy (non-hydrogen) atoms. The van der Waals surface area contributed by atoms with Crippen LogP contribution in [0.1, 0.15) is 49.1 Å². The van der Waals surface area contributed by atoms with Gasteiger partial charge in [-0.3, -0.25) is 4.57 Å². The zero-order valence-corrected chi connectivity index (χ0v) is 28.3. The van der Waals surface area contributed by atoms with Gasteiger partial charge in [0.15, 0.2) is 0 Å². The van der Waals surface area contributed by atoms with Gasteiger partial charge in [-0.15, -0.1) is 0 Å². The van der Waals surface area contributed by atoms with Gasteiger partial charge in [0, 0.05) is 22.6 Å². The minimum absolute atomic E-state index is 0.112. The van der Waals surface area contributed by atoms with Crippen LogP contribution in [0, 0.1) is 0 Å². The molecule has 2 N–H and O–H groups in total. The third-order valence-electron chi connectivity index (χ3n) is 10.4. The standard InChI is InChI=1S/C45H38N6/c1-4-16-34(17-5-1)49-40-25-13-10-22-37(40)46-43(49)31-28-32(44-47-38-23-11-14-26-41(38)50(44)35-18-6-2-7-19-35)30-33(29-31)45-48-39-24-12-15-27-42(39)51(45)36-20-8-3-9-21-36/h1-2,4-6,8,10-18,20-30,43,45-46,48H,3,7,9,19H2. The summed E-state index contributed by atoms with van der Waals surface area (Å²) in [6, 6.07) is 43.6. The summed E-state index contributed by atoms with van der Waals surface area (Å²) in [6.07, 6.45) is 17.5. The van der Waals surface area contributed by atoms with E-state index in [0.29, 0.717) is 0 Å². The van der Waals surface area contributed by atoms with Crippen molar-refractivity contribution in [2.45, 2.75) is 38.0 Å². The van der Waals surface area contributed by atoms with Crippen LogP contribution in [0.4, 0.5) is 28.4 Å². The minimum atomic E-state index is -0.135. The Bertz CT molecular complexity index is 2410. The van der Waals surface area contributed by atoms with Gasteiger partial charge in [-0.05, 0) is 116 Å². The Hall–Kier alpha value is -6.27. The highest BCUT2D eigenvalue weighted by Crippen LogP contribution is 2.49. The van der Waals surface area contributed by atoms with Crippen molar-refractivity contribution in [3.63, 3.8) is 0 Å². The van der Waals surface area contributed by atoms with Crippen LogP contribution < -0.4 is 20.4 Å². The molecule has 0 radical (unpaired) electrons. The van der Waals surface area contributed by atoms with E-state index in [0.717, 1.165) is 70.9 Å². The number of allylic oxidation sites excluding steroid dienone is 7. The fourth-order valence-electron chi connectivity index (χ4n) is 8.13. The highest BCUT2D eigenvalue weighted by molar-refractivity contribution is 5.87. The summed E-state index contributed by atoms with van der Waals surface area (Å²) in [6.45, 7) is 0. The van der Waals surface area contributed by atoms with Gasteiger partial charge >= 0.3 is 0 Å². The average Bonchev–Trinajstić information content (AvgIpc) is 3.91. The molecule has 2 aliphatic carbocycles. The van der Waals surface area contributed by atoms with E-state index in [9.17, 15) is 0 Å². The predicted molar refractivity (Wildman–Crippen MR) is 211 cm³/mol. The van der Waals surface area contributed by atoms with E-state index in [1.165, 1.54) is 28.2 Å². The lowest BCUT2D eigenvalue weighted by atomic mass is 9.99. The van der Waals surface area contributed by atoms with E-state index < -0.39 is 0 Å². The number of nitrogens with zero attached hydrogens (tertiary/aromatic N) is 4. The largest absolute Gasteiger partial charge is 0.359 e. The molecule has 3 heterocycles. The fraction of sp³-hybridized carbons (Fsp3) is 0.133. The Morgan fingerprint density at radius 2 is 1.31 bits per heavy atom. The van der Waals surface area contributed by atoms with Gasteiger partial charge < -0.3 is 20.4 Å². The Kier molecular flexibility index (Phi) is 7.12. The predicted octanol–water partition coefficient (Wildman–Crippen LogP) is 11.3. The SMILES string of the molecule is C1=CCCC(n2c(-c3cc(C4Nc5ccccc5N4C4=CCCC=C4)cc(C4Nc5ccccc5N4c4ccccc4)c3)nc3ccccc32)=C1. The van der Waals surface area contributed by atoms with Crippen molar-refractivity contribution in [1.82, 2.24) is 9.55 Å². The number of fused-ring (bicyclic) bond motifs is 3. The summed E-state index contributed by atoms with van der Waals surface area (Å²) in [5.74, 6) is 0.960. The first-order valence-corrected chi connectivity index (χ1v) is 18.0. The number of para-hydroxylation sites is 7. The van der Waals surface area contributed by atoms with Gasteiger partial charge in [-0.1, -0.05) is 78.9 Å². The van der Waals surface area contributed by atoms with Crippen LogP contribution in [-0.4, -0.2) is 9.55 Å². The Balaban J connectivity index is 1.20. The highest BCUT2D eigenvalue weighted by atomic mass is 15.3. The molecule has 6 nitrogen and oxygen atoms in total. The molecule has 0 bridgehead atoms. The van der Waals surface area contributed by atoms with Crippen molar-refractivity contribution >= 4 is 45.2 Å². The van der Waals surface area contributed by atoms with Crippen LogP contribution in [-0.2, 0) is 0 Å². The number of hydrogen-bond acceptors (Lipinski definition) is 5. The lowest BCUT2D eigenvalue weighted by Gasteiger charge is -2.32. The van der Waals surface area contributed by atoms with Gasteiger partial charge in [0.25, 0.3) is 0 Å². The maximum atomic E-state index is 5.37. The van der Waals surface area contributed by atoms with E-state index in [1.54, 1.807) is 0 Å². The van der Waals surface area contributed by atoms with Gasteiger partial charge in [0.05, 0.1) is 33.8 Å². The van der Waals surface area contributed by atoms with Crippen LogP contribution >= 0.6 is 0 Å². The highest BCUT2D eigenvalue weighted by Gasteiger charge is 2.36. The number of hydrogen-bond donors (Lipinski definition) is 2. The monoisotopic (exact) mass is 662 g/mol. The van der Waals surface area contributed by atoms with E-state index in [1.807, 2.05) is 0 Å². The molecular weight excluding hydrogens is 625 g/mol. The van der Waals surface area contributed by atoms with Crippen LogP contribution in [0.2, 0.25) is 0 Å². The molecule has 0 saturated carbocycles. The lowest BCUT2D eigenvalue weighted by molar-refractivity contribution is 0.778. The lowest BCUT2D eigenvalue weighted by Crippen LogP contribution is -2.28. The van der Waals surface area contributed by atoms with Crippen LogP contribution in [0.5, 0.6) is 0 Å². The van der Waals surface area contributed by atoms with Gasteiger partial charge in [-0.25, -0.2) is 4.98 Å². The summed E-state index contributed by atoms with van der Waals surface area (Å²) in [5.41, 5.74) is 13.8. The van der Waals surface area contributed by atoms with Crippen molar-refractivity contribution in [3.8, 4) is 11.4 Å². The van der Waals surface area contributed by atoms with Crippen LogP contribution in [0.3, 0.4) is 0 Å². The van der Waals surface area contributed by atoms with Crippen molar-refractivity contribution in [3.05, 3.63) is 175 Å². The number of imidazole rings is 1. The molecule has 248 valence electrons. The molecule has 6 heteroatoms.